The van der Waals surface area contributed by atoms with Gasteiger partial charge in [-0.1, -0.05) is 18.2 Å². The number of piperazine rings is 1. The number of amides is 2. The third-order valence-electron chi connectivity index (χ3n) is 6.72. The lowest BCUT2D eigenvalue weighted by Gasteiger charge is -2.42. The molecular formula is C26H33N3O4. The van der Waals surface area contributed by atoms with Crippen LogP contribution in [0.25, 0.3) is 0 Å². The number of nitrogens with zero attached hydrogens (tertiary/aromatic N) is 3. The molecule has 0 saturated carbocycles. The number of anilines is 1. The van der Waals surface area contributed by atoms with Gasteiger partial charge in [0.15, 0.2) is 0 Å². The summed E-state index contributed by atoms with van der Waals surface area (Å²) in [6, 6.07) is 13.3. The maximum absolute atomic E-state index is 14.0. The largest absolute Gasteiger partial charge is 0.496 e. The molecule has 0 aromatic heterocycles. The number of hydrogen-bond acceptors (Lipinski definition) is 5. The van der Waals surface area contributed by atoms with Crippen LogP contribution >= 0.6 is 0 Å². The van der Waals surface area contributed by atoms with Crippen molar-refractivity contribution in [3.63, 3.8) is 0 Å². The summed E-state index contributed by atoms with van der Waals surface area (Å²) in [7, 11) is 3.22. The second-order valence-electron chi connectivity index (χ2n) is 8.65. The van der Waals surface area contributed by atoms with E-state index in [4.69, 9.17) is 9.47 Å². The van der Waals surface area contributed by atoms with Gasteiger partial charge < -0.3 is 24.2 Å². The maximum Gasteiger partial charge on any atom is 0.258 e. The fourth-order valence-corrected chi connectivity index (χ4v) is 4.89. The number of benzene rings is 2. The molecule has 0 N–H and O–H groups in total. The number of carbonyl (C=O) groups is 2. The Kier molecular flexibility index (Phi) is 7.06. The fraction of sp³-hybridized carbons (Fsp3) is 0.462. The molecule has 7 nitrogen and oxygen atoms in total. The Bertz CT molecular complexity index is 1000. The number of ether oxygens (including phenoxy) is 2. The van der Waals surface area contributed by atoms with E-state index in [1.54, 1.807) is 26.0 Å². The zero-order chi connectivity index (χ0) is 23.4. The highest BCUT2D eigenvalue weighted by molar-refractivity contribution is 5.98. The minimum atomic E-state index is -0.311. The second-order valence-corrected chi connectivity index (χ2v) is 8.65. The monoisotopic (exact) mass is 451 g/mol. The van der Waals surface area contributed by atoms with Gasteiger partial charge in [0.05, 0.1) is 25.8 Å². The van der Waals surface area contributed by atoms with Gasteiger partial charge in [0.2, 0.25) is 5.91 Å². The maximum atomic E-state index is 14.0. The van der Waals surface area contributed by atoms with E-state index in [9.17, 15) is 9.59 Å². The van der Waals surface area contributed by atoms with Gasteiger partial charge in [-0.15, -0.1) is 0 Å². The van der Waals surface area contributed by atoms with E-state index in [0.29, 0.717) is 36.7 Å². The molecule has 7 heteroatoms. The van der Waals surface area contributed by atoms with Crippen LogP contribution in [0.2, 0.25) is 0 Å². The second kappa shape index (κ2) is 10.1. The molecule has 0 radical (unpaired) electrons. The molecule has 1 atom stereocenters. The van der Waals surface area contributed by atoms with Crippen LogP contribution < -0.4 is 14.4 Å². The fourth-order valence-electron chi connectivity index (χ4n) is 4.89. The number of rotatable bonds is 5. The van der Waals surface area contributed by atoms with Crippen LogP contribution in [0.5, 0.6) is 11.5 Å². The Morgan fingerprint density at radius 3 is 2.30 bits per heavy atom. The summed E-state index contributed by atoms with van der Waals surface area (Å²) in [5.41, 5.74) is 2.50. The van der Waals surface area contributed by atoms with Crippen molar-refractivity contribution in [3.05, 3.63) is 53.6 Å². The van der Waals surface area contributed by atoms with Crippen LogP contribution in [0, 0.1) is 0 Å². The van der Waals surface area contributed by atoms with Crippen molar-refractivity contribution in [3.8, 4) is 11.5 Å². The third-order valence-corrected chi connectivity index (χ3v) is 6.72. The summed E-state index contributed by atoms with van der Waals surface area (Å²) in [6.07, 6.45) is 3.58. The zero-order valence-corrected chi connectivity index (χ0v) is 19.8. The number of carbonyl (C=O) groups excluding carboxylic acids is 2. The lowest BCUT2D eigenvalue weighted by atomic mass is 9.99. The number of hydrogen-bond donors (Lipinski definition) is 0. The minimum Gasteiger partial charge on any atom is -0.496 e. The molecule has 0 unspecified atom stereocenters. The highest BCUT2D eigenvalue weighted by Crippen LogP contribution is 2.35. The Morgan fingerprint density at radius 2 is 1.61 bits per heavy atom. The van der Waals surface area contributed by atoms with Crippen LogP contribution in [-0.2, 0) is 4.79 Å². The summed E-state index contributed by atoms with van der Waals surface area (Å²) >= 11 is 0. The van der Waals surface area contributed by atoms with Crippen LogP contribution in [0.3, 0.4) is 0 Å². The van der Waals surface area contributed by atoms with E-state index in [2.05, 4.69) is 4.90 Å². The molecule has 2 amide bonds. The molecule has 2 aromatic carbocycles. The van der Waals surface area contributed by atoms with E-state index < -0.39 is 0 Å². The van der Waals surface area contributed by atoms with E-state index >= 15 is 0 Å². The standard InChI is InChI=1S/C26H33N3O4/c1-19(30)28-15-16-29(23(18-28)21-9-5-6-10-24(21)32-2)26(31)22-17-20(11-12-25(22)33-3)27-13-7-4-8-14-27/h5-6,9-12,17,23H,4,7-8,13-16,18H2,1-3H3/t23-/m0/s1. The van der Waals surface area contributed by atoms with Gasteiger partial charge in [-0.2, -0.15) is 0 Å². The summed E-state index contributed by atoms with van der Waals surface area (Å²) in [4.78, 5) is 32.1. The highest BCUT2D eigenvalue weighted by atomic mass is 16.5. The smallest absolute Gasteiger partial charge is 0.258 e. The van der Waals surface area contributed by atoms with Crippen LogP contribution in [0.1, 0.15) is 48.1 Å². The molecule has 2 aliphatic heterocycles. The molecule has 176 valence electrons. The molecule has 2 fully saturated rings. The van der Waals surface area contributed by atoms with E-state index in [1.165, 1.54) is 6.42 Å². The van der Waals surface area contributed by atoms with E-state index in [0.717, 1.165) is 37.2 Å². The van der Waals surface area contributed by atoms with Gasteiger partial charge in [0.1, 0.15) is 11.5 Å². The Balaban J connectivity index is 1.71. The van der Waals surface area contributed by atoms with Crippen LogP contribution in [-0.4, -0.2) is 68.6 Å². The first-order valence-corrected chi connectivity index (χ1v) is 11.7. The van der Waals surface area contributed by atoms with Gasteiger partial charge >= 0.3 is 0 Å². The van der Waals surface area contributed by atoms with Gasteiger partial charge in [-0.3, -0.25) is 9.59 Å². The molecule has 0 aliphatic carbocycles. The van der Waals surface area contributed by atoms with Gasteiger partial charge in [-0.25, -0.2) is 0 Å². The van der Waals surface area contributed by atoms with Crippen molar-refractivity contribution in [2.75, 3.05) is 51.8 Å². The van der Waals surface area contributed by atoms with Gasteiger partial charge in [-0.05, 0) is 43.5 Å². The predicted molar refractivity (Wildman–Crippen MR) is 128 cm³/mol. The Hall–Kier alpha value is -3.22. The molecular weight excluding hydrogens is 418 g/mol. The lowest BCUT2D eigenvalue weighted by molar-refractivity contribution is -0.131. The molecule has 2 aliphatic rings. The normalized spacial score (nSPS) is 18.8. The van der Waals surface area contributed by atoms with Crippen molar-refractivity contribution in [2.45, 2.75) is 32.2 Å². The molecule has 2 heterocycles. The zero-order valence-electron chi connectivity index (χ0n) is 19.8. The van der Waals surface area contributed by atoms with Crippen LogP contribution in [0.4, 0.5) is 5.69 Å². The average molecular weight is 452 g/mol. The SMILES string of the molecule is COc1ccc(N2CCCCC2)cc1C(=O)N1CCN(C(C)=O)C[C@H]1c1ccccc1OC. The molecule has 0 spiro atoms. The van der Waals surface area contributed by atoms with Crippen molar-refractivity contribution >= 4 is 17.5 Å². The molecule has 2 saturated heterocycles. The number of methoxy groups -OCH3 is 2. The summed E-state index contributed by atoms with van der Waals surface area (Å²) in [5.74, 6) is 1.18. The van der Waals surface area contributed by atoms with Crippen molar-refractivity contribution in [1.29, 1.82) is 0 Å². The quantitative estimate of drug-likeness (QED) is 0.693. The summed E-state index contributed by atoms with van der Waals surface area (Å²) < 4.78 is 11.2. The Labute approximate surface area is 195 Å². The highest BCUT2D eigenvalue weighted by Gasteiger charge is 2.35. The Morgan fingerprint density at radius 1 is 0.879 bits per heavy atom. The lowest BCUT2D eigenvalue weighted by Crippen LogP contribution is -2.52. The van der Waals surface area contributed by atoms with Gasteiger partial charge in [0.25, 0.3) is 5.91 Å². The predicted octanol–water partition coefficient (Wildman–Crippen LogP) is 3.74. The average Bonchev–Trinajstić information content (AvgIpc) is 2.88. The van der Waals surface area contributed by atoms with Crippen molar-refractivity contribution < 1.29 is 19.1 Å². The first-order valence-electron chi connectivity index (χ1n) is 11.7. The first kappa shape index (κ1) is 23.0. The van der Waals surface area contributed by atoms with Crippen molar-refractivity contribution in [2.24, 2.45) is 0 Å². The first-order chi connectivity index (χ1) is 16.0. The summed E-state index contributed by atoms with van der Waals surface area (Å²) in [5, 5.41) is 0. The molecule has 4 rings (SSSR count). The van der Waals surface area contributed by atoms with Gasteiger partial charge in [0, 0.05) is 50.9 Å². The number of para-hydroxylation sites is 1. The van der Waals surface area contributed by atoms with Crippen LogP contribution in [0.15, 0.2) is 42.5 Å². The third kappa shape index (κ3) is 4.77. The molecule has 33 heavy (non-hydrogen) atoms. The molecule has 0 bridgehead atoms. The summed E-state index contributed by atoms with van der Waals surface area (Å²) in [6.45, 7) is 4.94. The minimum absolute atomic E-state index is 0.00618. The van der Waals surface area contributed by atoms with E-state index in [-0.39, 0.29) is 17.9 Å². The molecule has 2 aromatic rings. The number of piperidine rings is 1. The topological polar surface area (TPSA) is 62.3 Å². The van der Waals surface area contributed by atoms with Crippen molar-refractivity contribution in [1.82, 2.24) is 9.80 Å². The van der Waals surface area contributed by atoms with E-state index in [1.807, 2.05) is 47.4 Å².